The first-order chi connectivity index (χ1) is 12.9. The smallest absolute Gasteiger partial charge is 0.0243 e. The van der Waals surface area contributed by atoms with Crippen LogP contribution in [0.4, 0.5) is 0 Å². The van der Waals surface area contributed by atoms with Crippen molar-refractivity contribution in [1.82, 2.24) is 0 Å². The third-order valence-corrected chi connectivity index (χ3v) is 4.86. The van der Waals surface area contributed by atoms with E-state index in [2.05, 4.69) is 103 Å². The van der Waals surface area contributed by atoms with Crippen LogP contribution in [0.3, 0.4) is 0 Å². The predicted molar refractivity (Wildman–Crippen MR) is 110 cm³/mol. The second-order valence-corrected chi connectivity index (χ2v) is 6.90. The van der Waals surface area contributed by atoms with Crippen molar-refractivity contribution in [3.63, 3.8) is 0 Å². The lowest BCUT2D eigenvalue weighted by atomic mass is 9.96. The second-order valence-electron chi connectivity index (χ2n) is 6.90. The van der Waals surface area contributed by atoms with Crippen molar-refractivity contribution in [1.29, 1.82) is 0 Å². The highest BCUT2D eigenvalue weighted by Crippen LogP contribution is 2.32. The van der Waals surface area contributed by atoms with E-state index in [1.54, 1.807) is 0 Å². The summed E-state index contributed by atoms with van der Waals surface area (Å²) in [6.45, 7) is 0. The van der Waals surface area contributed by atoms with Crippen LogP contribution < -0.4 is 0 Å². The summed E-state index contributed by atoms with van der Waals surface area (Å²) in [6, 6.07) is 32.3. The molecule has 4 rings (SSSR count). The van der Waals surface area contributed by atoms with Crippen LogP contribution >= 0.6 is 0 Å². The molecule has 0 atom stereocenters. The molecule has 1 aliphatic carbocycles. The number of benzene rings is 3. The third kappa shape index (κ3) is 4.21. The Labute approximate surface area is 156 Å². The zero-order valence-electron chi connectivity index (χ0n) is 14.9. The first-order valence-corrected chi connectivity index (χ1v) is 9.26. The molecule has 3 aromatic rings. The van der Waals surface area contributed by atoms with Gasteiger partial charge < -0.3 is 0 Å². The summed E-state index contributed by atoms with van der Waals surface area (Å²) in [6.07, 6.45) is 7.80. The first-order valence-electron chi connectivity index (χ1n) is 9.26. The van der Waals surface area contributed by atoms with Crippen LogP contribution in [0.5, 0.6) is 0 Å². The normalized spacial score (nSPS) is 14.2. The summed E-state index contributed by atoms with van der Waals surface area (Å²) in [7, 11) is 0. The van der Waals surface area contributed by atoms with Crippen LogP contribution in [-0.4, -0.2) is 0 Å². The minimum Gasteiger partial charge on any atom is -0.0692 e. The van der Waals surface area contributed by atoms with Gasteiger partial charge in [-0.05, 0) is 47.1 Å². The van der Waals surface area contributed by atoms with E-state index < -0.39 is 0 Å². The summed E-state index contributed by atoms with van der Waals surface area (Å²) in [4.78, 5) is 0. The molecule has 3 aromatic carbocycles. The molecule has 0 saturated carbocycles. The maximum absolute atomic E-state index is 2.40. The standard InChI is InChI=1S/C26H23/c1-4-10-21(11-5-1)16-24-19-25(17-22-12-6-2-7-13-22)26(20-24)18-23-14-8-3-9-15-23/h1-15,19-20H,16-18H2. The zero-order valence-corrected chi connectivity index (χ0v) is 14.9. The van der Waals surface area contributed by atoms with Gasteiger partial charge in [0.2, 0.25) is 0 Å². The fraction of sp³-hybridized carbons (Fsp3) is 0.115. The van der Waals surface area contributed by atoms with Crippen molar-refractivity contribution in [3.8, 4) is 0 Å². The van der Waals surface area contributed by atoms with Crippen LogP contribution in [0.1, 0.15) is 16.7 Å². The highest BCUT2D eigenvalue weighted by atomic mass is 14.2. The van der Waals surface area contributed by atoms with Crippen LogP contribution in [0, 0.1) is 5.92 Å². The van der Waals surface area contributed by atoms with E-state index in [1.165, 1.54) is 33.8 Å². The van der Waals surface area contributed by atoms with Crippen LogP contribution in [0.2, 0.25) is 0 Å². The van der Waals surface area contributed by atoms with E-state index in [4.69, 9.17) is 0 Å². The molecule has 0 nitrogen and oxygen atoms in total. The fourth-order valence-electron chi connectivity index (χ4n) is 3.57. The van der Waals surface area contributed by atoms with Gasteiger partial charge in [-0.2, -0.15) is 0 Å². The minimum atomic E-state index is 0.997. The van der Waals surface area contributed by atoms with Gasteiger partial charge in [0.25, 0.3) is 0 Å². The number of allylic oxidation sites excluding steroid dienone is 4. The molecule has 1 aliphatic rings. The minimum absolute atomic E-state index is 0.997. The Hall–Kier alpha value is -2.86. The van der Waals surface area contributed by atoms with Crippen molar-refractivity contribution in [2.75, 3.05) is 0 Å². The summed E-state index contributed by atoms with van der Waals surface area (Å²) < 4.78 is 0. The molecule has 0 spiro atoms. The molecule has 0 heterocycles. The molecule has 0 N–H and O–H groups in total. The SMILES string of the molecule is C1=C(Cc2ccccc2)C(Cc2ccccc2)=C[C]1Cc1ccccc1. The lowest BCUT2D eigenvalue weighted by Crippen LogP contribution is -1.96. The van der Waals surface area contributed by atoms with Gasteiger partial charge in [0.1, 0.15) is 0 Å². The van der Waals surface area contributed by atoms with E-state index >= 15 is 0 Å². The molecule has 0 heteroatoms. The molecule has 0 bridgehead atoms. The maximum Gasteiger partial charge on any atom is 0.0243 e. The van der Waals surface area contributed by atoms with Gasteiger partial charge in [-0.25, -0.2) is 0 Å². The van der Waals surface area contributed by atoms with Gasteiger partial charge in [0.15, 0.2) is 0 Å². The Morgan fingerprint density at radius 2 is 0.731 bits per heavy atom. The molecular formula is C26H23. The number of hydrogen-bond acceptors (Lipinski definition) is 0. The molecule has 0 unspecified atom stereocenters. The van der Waals surface area contributed by atoms with E-state index in [0.29, 0.717) is 0 Å². The fourth-order valence-corrected chi connectivity index (χ4v) is 3.57. The highest BCUT2D eigenvalue weighted by molar-refractivity contribution is 5.53. The zero-order chi connectivity index (χ0) is 17.6. The molecule has 0 saturated heterocycles. The summed E-state index contributed by atoms with van der Waals surface area (Å²) >= 11 is 0. The van der Waals surface area contributed by atoms with Gasteiger partial charge in [0, 0.05) is 5.92 Å². The number of rotatable bonds is 6. The molecule has 0 amide bonds. The van der Waals surface area contributed by atoms with Crippen molar-refractivity contribution < 1.29 is 0 Å². The topological polar surface area (TPSA) is 0 Å². The third-order valence-electron chi connectivity index (χ3n) is 4.86. The Balaban J connectivity index is 1.57. The largest absolute Gasteiger partial charge is 0.0692 e. The molecular weight excluding hydrogens is 312 g/mol. The van der Waals surface area contributed by atoms with Gasteiger partial charge in [-0.1, -0.05) is 103 Å². The van der Waals surface area contributed by atoms with Crippen molar-refractivity contribution in [3.05, 3.63) is 137 Å². The van der Waals surface area contributed by atoms with Crippen molar-refractivity contribution in [2.24, 2.45) is 0 Å². The van der Waals surface area contributed by atoms with Gasteiger partial charge >= 0.3 is 0 Å². The summed E-state index contributed by atoms with van der Waals surface area (Å²) in [5, 5.41) is 0. The Bertz CT molecular complexity index is 829. The second kappa shape index (κ2) is 8.01. The quantitative estimate of drug-likeness (QED) is 0.506. The molecule has 0 fully saturated rings. The van der Waals surface area contributed by atoms with Crippen molar-refractivity contribution >= 4 is 0 Å². The summed E-state index contributed by atoms with van der Waals surface area (Å²) in [5.74, 6) is 1.41. The molecule has 1 radical (unpaired) electrons. The Morgan fingerprint density at radius 1 is 0.385 bits per heavy atom. The summed E-state index contributed by atoms with van der Waals surface area (Å²) in [5.41, 5.74) is 7.02. The molecule has 0 aromatic heterocycles. The van der Waals surface area contributed by atoms with Crippen molar-refractivity contribution in [2.45, 2.75) is 19.3 Å². The number of hydrogen-bond donors (Lipinski definition) is 0. The van der Waals surface area contributed by atoms with Crippen LogP contribution in [0.15, 0.2) is 114 Å². The van der Waals surface area contributed by atoms with Gasteiger partial charge in [-0.15, -0.1) is 0 Å². The average Bonchev–Trinajstić information content (AvgIpc) is 3.05. The Kier molecular flexibility index (Phi) is 5.12. The maximum atomic E-state index is 2.40. The predicted octanol–water partition coefficient (Wildman–Crippen LogP) is 6.16. The van der Waals surface area contributed by atoms with Crippen LogP contribution in [-0.2, 0) is 19.3 Å². The van der Waals surface area contributed by atoms with Crippen LogP contribution in [0.25, 0.3) is 0 Å². The van der Waals surface area contributed by atoms with Gasteiger partial charge in [0.05, 0.1) is 0 Å². The van der Waals surface area contributed by atoms with E-state index in [0.717, 1.165) is 19.3 Å². The Morgan fingerprint density at radius 3 is 1.12 bits per heavy atom. The van der Waals surface area contributed by atoms with Gasteiger partial charge in [-0.3, -0.25) is 0 Å². The van der Waals surface area contributed by atoms with E-state index in [9.17, 15) is 0 Å². The molecule has 0 aliphatic heterocycles. The lowest BCUT2D eigenvalue weighted by Gasteiger charge is -2.09. The highest BCUT2D eigenvalue weighted by Gasteiger charge is 2.19. The lowest BCUT2D eigenvalue weighted by molar-refractivity contribution is 1.09. The van der Waals surface area contributed by atoms with E-state index in [-0.39, 0.29) is 0 Å². The van der Waals surface area contributed by atoms with E-state index in [1.807, 2.05) is 0 Å². The first kappa shape index (κ1) is 16.6. The molecule has 26 heavy (non-hydrogen) atoms. The monoisotopic (exact) mass is 335 g/mol. The average molecular weight is 335 g/mol. The molecule has 127 valence electrons.